The molecule has 2 aromatic carbocycles. The second-order valence-electron chi connectivity index (χ2n) is 8.21. The van der Waals surface area contributed by atoms with Gasteiger partial charge in [-0.15, -0.1) is 11.3 Å². The summed E-state index contributed by atoms with van der Waals surface area (Å²) in [4.78, 5) is 5.43. The third-order valence-corrected chi connectivity index (χ3v) is 9.32. The molecule has 33 heavy (non-hydrogen) atoms. The van der Waals surface area contributed by atoms with Crippen molar-refractivity contribution >= 4 is 43.0 Å². The maximum atomic E-state index is 12.9. The summed E-state index contributed by atoms with van der Waals surface area (Å²) in [6.45, 7) is 0.0808. The van der Waals surface area contributed by atoms with Gasteiger partial charge in [-0.1, -0.05) is 48.0 Å². The zero-order valence-corrected chi connectivity index (χ0v) is 20.1. The molecule has 170 valence electrons. The van der Waals surface area contributed by atoms with Crippen molar-refractivity contribution < 1.29 is 13.5 Å². The topological polar surface area (TPSA) is 79.3 Å². The number of thiophene rings is 1. The SMILES string of the molecule is O=S(=O)(NC(c1cc2cccc(-c3cc(CCO)ccn3)c2s1)c1ccccc1Cl)C1CC1. The zero-order chi connectivity index (χ0) is 23.0. The number of nitrogens with one attached hydrogen (secondary N) is 1. The molecule has 1 fully saturated rings. The second kappa shape index (κ2) is 9.16. The van der Waals surface area contributed by atoms with Gasteiger partial charge >= 0.3 is 0 Å². The van der Waals surface area contributed by atoms with Crippen LogP contribution in [0.4, 0.5) is 0 Å². The van der Waals surface area contributed by atoms with Gasteiger partial charge in [-0.2, -0.15) is 0 Å². The number of pyridine rings is 1. The molecule has 0 amide bonds. The Bertz CT molecular complexity index is 1410. The normalized spacial score (nSPS) is 15.1. The van der Waals surface area contributed by atoms with Crippen LogP contribution in [0, 0.1) is 0 Å². The Morgan fingerprint density at radius 1 is 1.12 bits per heavy atom. The molecule has 0 saturated heterocycles. The Labute approximate surface area is 202 Å². The summed E-state index contributed by atoms with van der Waals surface area (Å²) in [7, 11) is -3.45. The van der Waals surface area contributed by atoms with E-state index in [1.54, 1.807) is 23.6 Å². The molecule has 1 atom stereocenters. The van der Waals surface area contributed by atoms with Crippen LogP contribution in [0.2, 0.25) is 5.02 Å². The molecule has 5 nitrogen and oxygen atoms in total. The monoisotopic (exact) mass is 498 g/mol. The number of rotatable bonds is 8. The highest BCUT2D eigenvalue weighted by Gasteiger charge is 2.38. The molecular weight excluding hydrogens is 476 g/mol. The number of aromatic nitrogens is 1. The van der Waals surface area contributed by atoms with Gasteiger partial charge in [0.2, 0.25) is 10.0 Å². The standard InChI is InChI=1S/C25H23ClN2O3S2/c26-21-7-2-1-5-19(21)24(28-33(30,31)18-8-9-18)23-15-17-4-3-6-20(25(17)32-23)22-14-16(11-13-29)10-12-27-22/h1-7,10,12,14-15,18,24,28-29H,8-9,11,13H2. The highest BCUT2D eigenvalue weighted by Crippen LogP contribution is 2.41. The van der Waals surface area contributed by atoms with Gasteiger partial charge in [0.05, 0.1) is 17.0 Å². The van der Waals surface area contributed by atoms with Crippen molar-refractivity contribution in [2.45, 2.75) is 30.6 Å². The fourth-order valence-corrected chi connectivity index (χ4v) is 7.06. The maximum Gasteiger partial charge on any atom is 0.215 e. The number of hydrogen-bond acceptors (Lipinski definition) is 5. The molecular formula is C25H23ClN2O3S2. The predicted octanol–water partition coefficient (Wildman–Crippen LogP) is 5.32. The Morgan fingerprint density at radius 3 is 2.70 bits per heavy atom. The van der Waals surface area contributed by atoms with Crippen LogP contribution in [-0.2, 0) is 16.4 Å². The Balaban J connectivity index is 1.62. The molecule has 1 saturated carbocycles. The van der Waals surface area contributed by atoms with Gasteiger partial charge in [0.25, 0.3) is 0 Å². The minimum Gasteiger partial charge on any atom is -0.396 e. The van der Waals surface area contributed by atoms with E-state index in [0.717, 1.165) is 37.3 Å². The first-order chi connectivity index (χ1) is 16.0. The number of nitrogens with zero attached hydrogens (tertiary/aromatic N) is 1. The van der Waals surface area contributed by atoms with Gasteiger partial charge in [0.1, 0.15) is 0 Å². The molecule has 2 N–H and O–H groups in total. The molecule has 5 rings (SSSR count). The minimum absolute atomic E-state index is 0.0808. The van der Waals surface area contributed by atoms with Crippen molar-refractivity contribution in [3.63, 3.8) is 0 Å². The number of fused-ring (bicyclic) bond motifs is 1. The Morgan fingerprint density at radius 2 is 1.94 bits per heavy atom. The van der Waals surface area contributed by atoms with Crippen molar-refractivity contribution in [2.75, 3.05) is 6.61 Å². The zero-order valence-electron chi connectivity index (χ0n) is 17.7. The second-order valence-corrected chi connectivity index (χ2v) is 11.7. The highest BCUT2D eigenvalue weighted by molar-refractivity contribution is 7.90. The Kier molecular flexibility index (Phi) is 6.24. The van der Waals surface area contributed by atoms with Crippen molar-refractivity contribution in [3.8, 4) is 11.3 Å². The molecule has 8 heteroatoms. The summed E-state index contributed by atoms with van der Waals surface area (Å²) in [5.74, 6) is 0. The fourth-order valence-electron chi connectivity index (χ4n) is 3.96. The van der Waals surface area contributed by atoms with Gasteiger partial charge in [-0.25, -0.2) is 13.1 Å². The van der Waals surface area contributed by atoms with Crippen molar-refractivity contribution in [1.82, 2.24) is 9.71 Å². The van der Waals surface area contributed by atoms with Gasteiger partial charge in [0, 0.05) is 33.0 Å². The van der Waals surface area contributed by atoms with Crippen LogP contribution in [0.5, 0.6) is 0 Å². The number of hydrogen-bond donors (Lipinski definition) is 2. The molecule has 2 aromatic heterocycles. The Hall–Kier alpha value is -2.29. The van der Waals surface area contributed by atoms with Crippen molar-refractivity contribution in [3.05, 3.63) is 87.9 Å². The lowest BCUT2D eigenvalue weighted by atomic mass is 10.0. The average Bonchev–Trinajstić information content (AvgIpc) is 3.58. The number of benzene rings is 2. The maximum absolute atomic E-state index is 12.9. The van der Waals surface area contributed by atoms with Crippen LogP contribution in [0.25, 0.3) is 21.3 Å². The summed E-state index contributed by atoms with van der Waals surface area (Å²) < 4.78 is 29.7. The van der Waals surface area contributed by atoms with Crippen LogP contribution in [0.1, 0.15) is 34.9 Å². The first-order valence-electron chi connectivity index (χ1n) is 10.8. The van der Waals surface area contributed by atoms with Gasteiger partial charge in [-0.3, -0.25) is 4.98 Å². The molecule has 2 heterocycles. The van der Waals surface area contributed by atoms with Crippen LogP contribution in [-0.4, -0.2) is 30.4 Å². The molecule has 1 unspecified atom stereocenters. The quantitative estimate of drug-likeness (QED) is 0.344. The molecule has 0 bridgehead atoms. The lowest BCUT2D eigenvalue weighted by Gasteiger charge is -2.19. The van der Waals surface area contributed by atoms with Crippen LogP contribution >= 0.6 is 22.9 Å². The van der Waals surface area contributed by atoms with E-state index in [1.165, 1.54) is 0 Å². The van der Waals surface area contributed by atoms with Crippen LogP contribution < -0.4 is 4.72 Å². The first kappa shape index (κ1) is 22.5. The lowest BCUT2D eigenvalue weighted by Crippen LogP contribution is -2.31. The highest BCUT2D eigenvalue weighted by atomic mass is 35.5. The summed E-state index contributed by atoms with van der Waals surface area (Å²) >= 11 is 8.05. The smallest absolute Gasteiger partial charge is 0.215 e. The third kappa shape index (κ3) is 4.69. The molecule has 4 aromatic rings. The van der Waals surface area contributed by atoms with E-state index in [9.17, 15) is 13.5 Å². The third-order valence-electron chi connectivity index (χ3n) is 5.81. The number of aliphatic hydroxyl groups is 1. The lowest BCUT2D eigenvalue weighted by molar-refractivity contribution is 0.299. The largest absolute Gasteiger partial charge is 0.396 e. The van der Waals surface area contributed by atoms with E-state index >= 15 is 0 Å². The molecule has 1 aliphatic carbocycles. The summed E-state index contributed by atoms with van der Waals surface area (Å²) in [6.07, 6.45) is 3.71. The van der Waals surface area contributed by atoms with Crippen molar-refractivity contribution in [1.29, 1.82) is 0 Å². The van der Waals surface area contributed by atoms with E-state index in [4.69, 9.17) is 11.6 Å². The predicted molar refractivity (Wildman–Crippen MR) is 134 cm³/mol. The summed E-state index contributed by atoms with van der Waals surface area (Å²) in [6, 6.07) is 18.7. The van der Waals surface area contributed by atoms with E-state index in [2.05, 4.69) is 9.71 Å². The molecule has 0 radical (unpaired) electrons. The van der Waals surface area contributed by atoms with Crippen LogP contribution in [0.3, 0.4) is 0 Å². The van der Waals surface area contributed by atoms with Gasteiger partial charge in [-0.05, 0) is 60.0 Å². The fraction of sp³-hybridized carbons (Fsp3) is 0.240. The number of sulfonamides is 1. The average molecular weight is 499 g/mol. The summed E-state index contributed by atoms with van der Waals surface area (Å²) in [5.41, 5.74) is 3.56. The minimum atomic E-state index is -3.45. The van der Waals surface area contributed by atoms with Crippen molar-refractivity contribution in [2.24, 2.45) is 0 Å². The van der Waals surface area contributed by atoms with E-state index in [1.807, 2.05) is 54.6 Å². The van der Waals surface area contributed by atoms with E-state index in [-0.39, 0.29) is 11.9 Å². The van der Waals surface area contributed by atoms with Crippen LogP contribution in [0.15, 0.2) is 66.9 Å². The summed E-state index contributed by atoms with van der Waals surface area (Å²) in [5, 5.41) is 10.5. The van der Waals surface area contributed by atoms with Gasteiger partial charge in [0.15, 0.2) is 0 Å². The number of aliphatic hydroxyl groups excluding tert-OH is 1. The number of halogens is 1. The van der Waals surface area contributed by atoms with E-state index < -0.39 is 16.1 Å². The van der Waals surface area contributed by atoms with E-state index in [0.29, 0.717) is 24.3 Å². The van der Waals surface area contributed by atoms with Gasteiger partial charge < -0.3 is 5.11 Å². The molecule has 0 spiro atoms. The molecule has 1 aliphatic rings. The molecule has 0 aliphatic heterocycles. The first-order valence-corrected chi connectivity index (χ1v) is 13.5.